The standard InChI is InChI=1S/C25H27ClN2O3/c1-4-15-30-17(2)16-21-9-14-24(18(3)27-21)25(29)28-20-7-12-23(13-8-20)31-22-10-5-19(26)6-11-22/h5-14,17H,4,15-16H2,1-3H3,(H,28,29). The van der Waals surface area contributed by atoms with Crippen LogP contribution in [-0.2, 0) is 11.2 Å². The molecule has 0 bridgehead atoms. The fraction of sp³-hybridized carbons (Fsp3) is 0.280. The second kappa shape index (κ2) is 10.9. The summed E-state index contributed by atoms with van der Waals surface area (Å²) in [6.07, 6.45) is 1.81. The molecule has 1 amide bonds. The molecule has 5 nitrogen and oxygen atoms in total. The zero-order valence-corrected chi connectivity index (χ0v) is 18.8. The van der Waals surface area contributed by atoms with Gasteiger partial charge in [-0.25, -0.2) is 0 Å². The van der Waals surface area contributed by atoms with Crippen LogP contribution in [0.3, 0.4) is 0 Å². The van der Waals surface area contributed by atoms with E-state index in [9.17, 15) is 4.79 Å². The van der Waals surface area contributed by atoms with Gasteiger partial charge in [-0.05, 0) is 80.9 Å². The summed E-state index contributed by atoms with van der Waals surface area (Å²) in [5.74, 6) is 1.16. The van der Waals surface area contributed by atoms with Crippen LogP contribution in [0.25, 0.3) is 0 Å². The van der Waals surface area contributed by atoms with Gasteiger partial charge in [0, 0.05) is 29.4 Å². The minimum atomic E-state index is -0.196. The molecule has 0 fully saturated rings. The Balaban J connectivity index is 1.59. The summed E-state index contributed by atoms with van der Waals surface area (Å²) in [5.41, 5.74) is 2.84. The minimum Gasteiger partial charge on any atom is -0.457 e. The first-order valence-corrected chi connectivity index (χ1v) is 10.8. The Bertz CT molecular complexity index is 1000. The molecule has 1 N–H and O–H groups in total. The van der Waals surface area contributed by atoms with Crippen LogP contribution in [0.15, 0.2) is 60.7 Å². The number of ether oxygens (including phenoxy) is 2. The van der Waals surface area contributed by atoms with Gasteiger partial charge in [-0.2, -0.15) is 0 Å². The number of carbonyl (C=O) groups is 1. The number of nitrogens with zero attached hydrogens (tertiary/aromatic N) is 1. The monoisotopic (exact) mass is 438 g/mol. The second-order valence-electron chi connectivity index (χ2n) is 7.36. The maximum absolute atomic E-state index is 12.7. The summed E-state index contributed by atoms with van der Waals surface area (Å²) in [7, 11) is 0. The van der Waals surface area contributed by atoms with Gasteiger partial charge in [-0.1, -0.05) is 18.5 Å². The topological polar surface area (TPSA) is 60.5 Å². The molecule has 0 saturated heterocycles. The second-order valence-corrected chi connectivity index (χ2v) is 7.79. The third kappa shape index (κ3) is 6.81. The van der Waals surface area contributed by atoms with E-state index in [0.29, 0.717) is 33.5 Å². The lowest BCUT2D eigenvalue weighted by Crippen LogP contribution is -2.16. The number of aryl methyl sites for hydroxylation is 1. The normalized spacial score (nSPS) is 11.7. The smallest absolute Gasteiger partial charge is 0.257 e. The van der Waals surface area contributed by atoms with Crippen LogP contribution >= 0.6 is 11.6 Å². The summed E-state index contributed by atoms with van der Waals surface area (Å²) < 4.78 is 11.5. The van der Waals surface area contributed by atoms with Crippen LogP contribution in [0.4, 0.5) is 5.69 Å². The number of hydrogen-bond donors (Lipinski definition) is 1. The molecule has 0 aliphatic rings. The molecule has 1 unspecified atom stereocenters. The van der Waals surface area contributed by atoms with E-state index in [1.54, 1.807) is 48.5 Å². The van der Waals surface area contributed by atoms with Gasteiger partial charge < -0.3 is 14.8 Å². The first kappa shape index (κ1) is 22.8. The minimum absolute atomic E-state index is 0.0973. The number of anilines is 1. The maximum Gasteiger partial charge on any atom is 0.257 e. The third-order valence-electron chi connectivity index (χ3n) is 4.65. The van der Waals surface area contributed by atoms with Crippen molar-refractivity contribution in [3.8, 4) is 11.5 Å². The molecule has 0 saturated carbocycles. The van der Waals surface area contributed by atoms with Gasteiger partial charge in [-0.15, -0.1) is 0 Å². The number of rotatable bonds is 9. The Morgan fingerprint density at radius 1 is 1.03 bits per heavy atom. The van der Waals surface area contributed by atoms with Crippen LogP contribution in [-0.4, -0.2) is 23.6 Å². The van der Waals surface area contributed by atoms with E-state index in [2.05, 4.69) is 17.2 Å². The molecule has 3 rings (SSSR count). The quantitative estimate of drug-likeness (QED) is 0.417. The zero-order valence-electron chi connectivity index (χ0n) is 18.0. The fourth-order valence-electron chi connectivity index (χ4n) is 3.08. The highest BCUT2D eigenvalue weighted by atomic mass is 35.5. The molecule has 0 aliphatic heterocycles. The first-order valence-electron chi connectivity index (χ1n) is 10.4. The highest BCUT2D eigenvalue weighted by molar-refractivity contribution is 6.30. The van der Waals surface area contributed by atoms with Gasteiger partial charge >= 0.3 is 0 Å². The number of halogens is 1. The number of aromatic nitrogens is 1. The summed E-state index contributed by atoms with van der Waals surface area (Å²) >= 11 is 5.89. The molecule has 0 radical (unpaired) electrons. The van der Waals surface area contributed by atoms with Gasteiger partial charge in [0.25, 0.3) is 5.91 Å². The van der Waals surface area contributed by atoms with Crippen molar-refractivity contribution in [2.75, 3.05) is 11.9 Å². The summed E-state index contributed by atoms with van der Waals surface area (Å²) in [6, 6.07) is 18.0. The number of carbonyl (C=O) groups excluding carboxylic acids is 1. The lowest BCUT2D eigenvalue weighted by atomic mass is 10.1. The van der Waals surface area contributed by atoms with Crippen LogP contribution < -0.4 is 10.1 Å². The summed E-state index contributed by atoms with van der Waals surface area (Å²) in [6.45, 7) is 6.71. The van der Waals surface area contributed by atoms with Crippen molar-refractivity contribution in [3.05, 3.63) is 82.6 Å². The van der Waals surface area contributed by atoms with Gasteiger partial charge in [0.15, 0.2) is 0 Å². The lowest BCUT2D eigenvalue weighted by molar-refractivity contribution is 0.0663. The maximum atomic E-state index is 12.7. The van der Waals surface area contributed by atoms with E-state index >= 15 is 0 Å². The number of benzene rings is 2. The van der Waals surface area contributed by atoms with Gasteiger partial charge in [-0.3, -0.25) is 9.78 Å². The molecule has 6 heteroatoms. The molecule has 0 spiro atoms. The number of hydrogen-bond acceptors (Lipinski definition) is 4. The number of amides is 1. The zero-order chi connectivity index (χ0) is 22.2. The Morgan fingerprint density at radius 2 is 1.68 bits per heavy atom. The van der Waals surface area contributed by atoms with Crippen LogP contribution in [0.5, 0.6) is 11.5 Å². The van der Waals surface area contributed by atoms with Crippen LogP contribution in [0.2, 0.25) is 5.02 Å². The van der Waals surface area contributed by atoms with E-state index in [-0.39, 0.29) is 12.0 Å². The van der Waals surface area contributed by atoms with Crippen molar-refractivity contribution in [2.24, 2.45) is 0 Å². The Hall–Kier alpha value is -2.89. The van der Waals surface area contributed by atoms with Crippen LogP contribution in [0, 0.1) is 6.92 Å². The fourth-order valence-corrected chi connectivity index (χ4v) is 3.21. The van der Waals surface area contributed by atoms with Crippen molar-refractivity contribution >= 4 is 23.2 Å². The average Bonchev–Trinajstić information content (AvgIpc) is 2.75. The summed E-state index contributed by atoms with van der Waals surface area (Å²) in [4.78, 5) is 17.3. The van der Waals surface area contributed by atoms with Crippen molar-refractivity contribution < 1.29 is 14.3 Å². The molecular weight excluding hydrogens is 412 g/mol. The van der Waals surface area contributed by atoms with Crippen LogP contribution in [0.1, 0.15) is 42.0 Å². The van der Waals surface area contributed by atoms with Gasteiger partial charge in [0.1, 0.15) is 11.5 Å². The first-order chi connectivity index (χ1) is 14.9. The molecule has 162 valence electrons. The molecule has 2 aromatic carbocycles. The average molecular weight is 439 g/mol. The molecule has 3 aromatic rings. The van der Waals surface area contributed by atoms with Gasteiger partial charge in [0.2, 0.25) is 0 Å². The Kier molecular flexibility index (Phi) is 8.04. The molecule has 1 atom stereocenters. The van der Waals surface area contributed by atoms with Gasteiger partial charge in [0.05, 0.1) is 17.4 Å². The van der Waals surface area contributed by atoms with E-state index in [0.717, 1.165) is 25.1 Å². The molecule has 1 aromatic heterocycles. The molecule has 0 aliphatic carbocycles. The highest BCUT2D eigenvalue weighted by Gasteiger charge is 2.13. The lowest BCUT2D eigenvalue weighted by Gasteiger charge is -2.13. The predicted octanol–water partition coefficient (Wildman–Crippen LogP) is 6.45. The van der Waals surface area contributed by atoms with E-state index in [4.69, 9.17) is 21.1 Å². The largest absolute Gasteiger partial charge is 0.457 e. The molecule has 31 heavy (non-hydrogen) atoms. The third-order valence-corrected chi connectivity index (χ3v) is 4.90. The Labute approximate surface area is 188 Å². The molecule has 1 heterocycles. The van der Waals surface area contributed by atoms with Crippen molar-refractivity contribution in [2.45, 2.75) is 39.7 Å². The van der Waals surface area contributed by atoms with Crippen molar-refractivity contribution in [1.82, 2.24) is 4.98 Å². The van der Waals surface area contributed by atoms with E-state index in [1.807, 2.05) is 26.0 Å². The number of nitrogens with one attached hydrogen (secondary N) is 1. The predicted molar refractivity (Wildman–Crippen MR) is 124 cm³/mol. The SMILES string of the molecule is CCCOC(C)Cc1ccc(C(=O)Nc2ccc(Oc3ccc(Cl)cc3)cc2)c(C)n1. The Morgan fingerprint density at radius 3 is 2.29 bits per heavy atom. The van der Waals surface area contributed by atoms with E-state index < -0.39 is 0 Å². The highest BCUT2D eigenvalue weighted by Crippen LogP contribution is 2.24. The van der Waals surface area contributed by atoms with Crippen molar-refractivity contribution in [1.29, 1.82) is 0 Å². The summed E-state index contributed by atoms with van der Waals surface area (Å²) in [5, 5.41) is 3.56. The van der Waals surface area contributed by atoms with Crippen molar-refractivity contribution in [3.63, 3.8) is 0 Å². The van der Waals surface area contributed by atoms with E-state index in [1.165, 1.54) is 0 Å². The molecular formula is C25H27ClN2O3. The number of pyridine rings is 1.